The summed E-state index contributed by atoms with van der Waals surface area (Å²) in [4.78, 5) is 20.8. The fourth-order valence-electron chi connectivity index (χ4n) is 5.42. The number of carbonyl (C=O) groups excluding carboxylic acids is 1. The summed E-state index contributed by atoms with van der Waals surface area (Å²) in [6.07, 6.45) is 6.61. The molecule has 0 unspecified atom stereocenters. The number of fused-ring (bicyclic) bond motifs is 1. The zero-order valence-corrected chi connectivity index (χ0v) is 23.3. The molecule has 4 aromatic rings. The van der Waals surface area contributed by atoms with Crippen molar-refractivity contribution in [1.29, 1.82) is 0 Å². The highest BCUT2D eigenvalue weighted by atomic mass is 35.5. The molecule has 1 fully saturated rings. The second kappa shape index (κ2) is 11.4. The zero-order chi connectivity index (χ0) is 26.8. The van der Waals surface area contributed by atoms with Crippen molar-refractivity contribution in [2.75, 3.05) is 14.2 Å². The van der Waals surface area contributed by atoms with Crippen LogP contribution in [0, 0.1) is 12.7 Å². The molecule has 0 atom stereocenters. The molecule has 5 nitrogen and oxygen atoms in total. The average molecular weight is 552 g/mol. The Morgan fingerprint density at radius 1 is 1.16 bits per heavy atom. The molecule has 0 radical (unpaired) electrons. The van der Waals surface area contributed by atoms with Gasteiger partial charge >= 0.3 is 0 Å². The Balaban J connectivity index is 1.55. The van der Waals surface area contributed by atoms with Crippen molar-refractivity contribution in [3.8, 4) is 16.9 Å². The van der Waals surface area contributed by atoms with Gasteiger partial charge in [-0.2, -0.15) is 0 Å². The Labute approximate surface area is 231 Å². The number of pyridine rings is 1. The van der Waals surface area contributed by atoms with Crippen LogP contribution < -0.4 is 10.1 Å². The van der Waals surface area contributed by atoms with E-state index in [9.17, 15) is 9.18 Å². The number of nitrogens with zero attached hydrogens (tertiary/aromatic N) is 2. The summed E-state index contributed by atoms with van der Waals surface area (Å²) in [5.74, 6) is 0.217. The predicted molar refractivity (Wildman–Crippen MR) is 153 cm³/mol. The predicted octanol–water partition coefficient (Wildman–Crippen LogP) is 7.25. The first-order valence-corrected chi connectivity index (χ1v) is 14.0. The SMILES string of the molecule is CNC1CCC(N(Cc2cc(-c3cncc(F)c3)ccc2OC)C(=O)c2sc3cccc(C)c3c2Cl)CC1. The van der Waals surface area contributed by atoms with Crippen LogP contribution in [0.25, 0.3) is 21.2 Å². The number of hydrogen-bond acceptors (Lipinski definition) is 5. The van der Waals surface area contributed by atoms with Crippen LogP contribution >= 0.6 is 22.9 Å². The molecule has 0 bridgehead atoms. The Hall–Kier alpha value is -3.00. The highest BCUT2D eigenvalue weighted by Gasteiger charge is 2.32. The first kappa shape index (κ1) is 26.6. The van der Waals surface area contributed by atoms with Crippen molar-refractivity contribution in [2.24, 2.45) is 0 Å². The topological polar surface area (TPSA) is 54.5 Å². The van der Waals surface area contributed by atoms with Gasteiger partial charge in [-0.25, -0.2) is 4.39 Å². The van der Waals surface area contributed by atoms with Crippen molar-refractivity contribution < 1.29 is 13.9 Å². The monoisotopic (exact) mass is 551 g/mol. The first-order valence-electron chi connectivity index (χ1n) is 12.8. The van der Waals surface area contributed by atoms with E-state index in [4.69, 9.17) is 16.3 Å². The number of hydrogen-bond donors (Lipinski definition) is 1. The van der Waals surface area contributed by atoms with E-state index in [0.717, 1.165) is 52.5 Å². The molecular weight excluding hydrogens is 521 g/mol. The summed E-state index contributed by atoms with van der Waals surface area (Å²) in [7, 11) is 3.61. The third-order valence-electron chi connectivity index (χ3n) is 7.53. The molecule has 38 heavy (non-hydrogen) atoms. The van der Waals surface area contributed by atoms with Crippen molar-refractivity contribution in [3.05, 3.63) is 81.7 Å². The second-order valence-electron chi connectivity index (χ2n) is 9.84. The summed E-state index contributed by atoms with van der Waals surface area (Å²) in [6, 6.07) is 13.7. The molecule has 2 aromatic carbocycles. The van der Waals surface area contributed by atoms with Gasteiger partial charge in [0.05, 0.1) is 18.3 Å². The number of ether oxygens (including phenoxy) is 1. The lowest BCUT2D eigenvalue weighted by Gasteiger charge is -2.37. The van der Waals surface area contributed by atoms with E-state index in [2.05, 4.69) is 10.3 Å². The number of rotatable bonds is 7. The Bertz CT molecular complexity index is 1470. The van der Waals surface area contributed by atoms with Gasteiger partial charge in [0.2, 0.25) is 0 Å². The lowest BCUT2D eigenvalue weighted by Crippen LogP contribution is -2.44. The maximum absolute atomic E-state index is 14.2. The molecule has 2 aromatic heterocycles. The number of aromatic nitrogens is 1. The summed E-state index contributed by atoms with van der Waals surface area (Å²) in [5, 5.41) is 4.84. The summed E-state index contributed by atoms with van der Waals surface area (Å²) in [6.45, 7) is 2.38. The van der Waals surface area contributed by atoms with Gasteiger partial charge in [-0.3, -0.25) is 9.78 Å². The number of amides is 1. The third-order valence-corrected chi connectivity index (χ3v) is 9.16. The van der Waals surface area contributed by atoms with Crippen molar-refractivity contribution in [3.63, 3.8) is 0 Å². The third kappa shape index (κ3) is 5.28. The van der Waals surface area contributed by atoms with Crippen LogP contribution in [0.5, 0.6) is 5.75 Å². The normalized spacial score (nSPS) is 17.5. The number of methoxy groups -OCH3 is 1. The van der Waals surface area contributed by atoms with Gasteiger partial charge in [0, 0.05) is 46.0 Å². The number of benzene rings is 2. The fraction of sp³-hybridized carbons (Fsp3) is 0.333. The first-order chi connectivity index (χ1) is 18.4. The molecule has 1 amide bonds. The quantitative estimate of drug-likeness (QED) is 0.263. The summed E-state index contributed by atoms with van der Waals surface area (Å²) >= 11 is 8.30. The van der Waals surface area contributed by atoms with Crippen molar-refractivity contribution in [2.45, 2.75) is 51.2 Å². The van der Waals surface area contributed by atoms with Gasteiger partial charge in [-0.15, -0.1) is 11.3 Å². The number of halogens is 2. The van der Waals surface area contributed by atoms with Crippen molar-refractivity contribution in [1.82, 2.24) is 15.2 Å². The number of aryl methyl sites for hydroxylation is 1. The Morgan fingerprint density at radius 3 is 2.63 bits per heavy atom. The van der Waals surface area contributed by atoms with E-state index in [1.54, 1.807) is 13.3 Å². The molecule has 198 valence electrons. The van der Waals surface area contributed by atoms with Crippen LogP contribution in [0.4, 0.5) is 4.39 Å². The molecule has 1 aliphatic carbocycles. The number of carbonyl (C=O) groups is 1. The molecule has 5 rings (SSSR count). The lowest BCUT2D eigenvalue weighted by atomic mass is 9.89. The minimum atomic E-state index is -0.396. The van der Waals surface area contributed by atoms with Gasteiger partial charge in [0.25, 0.3) is 5.91 Å². The molecule has 1 aliphatic rings. The minimum Gasteiger partial charge on any atom is -0.496 e. The van der Waals surface area contributed by atoms with Crippen LogP contribution in [0.15, 0.2) is 54.9 Å². The van der Waals surface area contributed by atoms with Gasteiger partial charge in [-0.05, 0) is 75.0 Å². The molecule has 1 saturated carbocycles. The van der Waals surface area contributed by atoms with Gasteiger partial charge in [-0.1, -0.05) is 29.8 Å². The van der Waals surface area contributed by atoms with Crippen LogP contribution in [-0.2, 0) is 6.54 Å². The van der Waals surface area contributed by atoms with E-state index in [1.165, 1.54) is 23.6 Å². The van der Waals surface area contributed by atoms with Crippen LogP contribution in [0.1, 0.15) is 46.5 Å². The Morgan fingerprint density at radius 2 is 1.95 bits per heavy atom. The molecule has 8 heteroatoms. The lowest BCUT2D eigenvalue weighted by molar-refractivity contribution is 0.0604. The zero-order valence-electron chi connectivity index (χ0n) is 21.8. The number of nitrogens with one attached hydrogen (secondary N) is 1. The molecule has 0 spiro atoms. The molecule has 0 aliphatic heterocycles. The van der Waals surface area contributed by atoms with Gasteiger partial charge < -0.3 is 15.0 Å². The molecule has 2 heterocycles. The fourth-order valence-corrected chi connectivity index (χ4v) is 7.05. The molecule has 0 saturated heterocycles. The minimum absolute atomic E-state index is 0.0663. The second-order valence-corrected chi connectivity index (χ2v) is 11.3. The Kier molecular flexibility index (Phi) is 7.98. The smallest absolute Gasteiger partial charge is 0.266 e. The highest BCUT2D eigenvalue weighted by molar-refractivity contribution is 7.21. The molecule has 1 N–H and O–H groups in total. The summed E-state index contributed by atoms with van der Waals surface area (Å²) < 4.78 is 20.6. The van der Waals surface area contributed by atoms with Gasteiger partial charge in [0.1, 0.15) is 16.4 Å². The number of thiophene rings is 1. The van der Waals surface area contributed by atoms with Crippen LogP contribution in [0.3, 0.4) is 0 Å². The van der Waals surface area contributed by atoms with E-state index in [0.29, 0.717) is 33.8 Å². The highest BCUT2D eigenvalue weighted by Crippen LogP contribution is 2.39. The summed E-state index contributed by atoms with van der Waals surface area (Å²) in [5.41, 5.74) is 3.40. The van der Waals surface area contributed by atoms with E-state index in [1.807, 2.05) is 55.3 Å². The van der Waals surface area contributed by atoms with E-state index in [-0.39, 0.29) is 11.9 Å². The maximum atomic E-state index is 14.2. The van der Waals surface area contributed by atoms with Crippen LogP contribution in [0.2, 0.25) is 5.02 Å². The van der Waals surface area contributed by atoms with Crippen LogP contribution in [-0.4, -0.2) is 42.0 Å². The maximum Gasteiger partial charge on any atom is 0.266 e. The van der Waals surface area contributed by atoms with E-state index >= 15 is 0 Å². The van der Waals surface area contributed by atoms with E-state index < -0.39 is 5.82 Å². The standard InChI is InChI=1S/C30H31ClFN3O2S/c1-18-5-4-6-26-27(18)28(31)29(38-26)30(36)35(24-10-8-23(33-2)9-11-24)17-21-13-19(7-12-25(21)37-3)20-14-22(32)16-34-15-20/h4-7,12-16,23-24,33H,8-11,17H2,1-3H3. The van der Waals surface area contributed by atoms with Gasteiger partial charge in [0.15, 0.2) is 0 Å². The largest absolute Gasteiger partial charge is 0.496 e. The molecular formula is C30H31ClFN3O2S. The average Bonchev–Trinajstić information content (AvgIpc) is 3.28. The van der Waals surface area contributed by atoms with Crippen molar-refractivity contribution >= 4 is 38.9 Å².